The van der Waals surface area contributed by atoms with Crippen LogP contribution in [0.25, 0.3) is 0 Å². The number of hydrogen-bond donors (Lipinski definition) is 1. The Morgan fingerprint density at radius 2 is 1.82 bits per heavy atom. The minimum atomic E-state index is -0.767. The number of amides is 3. The summed E-state index contributed by atoms with van der Waals surface area (Å²) in [5.41, 5.74) is 3.73. The van der Waals surface area contributed by atoms with Crippen LogP contribution in [0.1, 0.15) is 48.8 Å². The number of imide groups is 1. The van der Waals surface area contributed by atoms with Crippen molar-refractivity contribution in [1.82, 2.24) is 10.4 Å². The maximum Gasteiger partial charge on any atom is 0.335 e. The molecule has 15 heteroatoms. The lowest BCUT2D eigenvalue weighted by atomic mass is 9.83. The third-order valence-electron chi connectivity index (χ3n) is 8.47. The van der Waals surface area contributed by atoms with Crippen LogP contribution in [0.2, 0.25) is 0 Å². The van der Waals surface area contributed by atoms with E-state index in [1.165, 1.54) is 0 Å². The van der Waals surface area contributed by atoms with Crippen molar-refractivity contribution in [2.75, 3.05) is 47.2 Å². The predicted molar refractivity (Wildman–Crippen MR) is 170 cm³/mol. The van der Waals surface area contributed by atoms with Gasteiger partial charge in [0.25, 0.3) is 17.7 Å². The van der Waals surface area contributed by atoms with Crippen molar-refractivity contribution < 1.29 is 57.3 Å². The number of nitrogens with zero attached hydrogens (tertiary/aromatic N) is 2. The second-order valence-electron chi connectivity index (χ2n) is 11.8. The van der Waals surface area contributed by atoms with E-state index in [1.54, 1.807) is 20.3 Å². The van der Waals surface area contributed by atoms with Crippen LogP contribution in [-0.2, 0) is 40.0 Å². The number of oxime groups is 1. The fourth-order valence-electron chi connectivity index (χ4n) is 5.97. The highest BCUT2D eigenvalue weighted by molar-refractivity contribution is 6.09. The molecule has 6 rings (SSSR count). The number of rotatable bonds is 14. The van der Waals surface area contributed by atoms with Gasteiger partial charge in [-0.15, -0.1) is 5.06 Å². The Morgan fingerprint density at radius 1 is 1.06 bits per heavy atom. The Kier molecular flexibility index (Phi) is 9.90. The Labute approximate surface area is 281 Å². The van der Waals surface area contributed by atoms with Crippen LogP contribution in [0.4, 0.5) is 0 Å². The SMILES string of the molecule is C=C(C)[C@H]1Cc2c(ccc(C3=NOC4COc5cc(OC)c(OC)cc5C34)c2OCC(=O)NCCOCCC(=O)ON2C(=O)CCC2=O)O1. The van der Waals surface area contributed by atoms with Gasteiger partial charge in [-0.1, -0.05) is 11.7 Å². The summed E-state index contributed by atoms with van der Waals surface area (Å²) in [7, 11) is 3.12. The molecule has 0 saturated carbocycles. The van der Waals surface area contributed by atoms with E-state index in [4.69, 9.17) is 38.1 Å². The lowest BCUT2D eigenvalue weighted by Crippen LogP contribution is -2.34. The molecule has 49 heavy (non-hydrogen) atoms. The summed E-state index contributed by atoms with van der Waals surface area (Å²) in [5, 5.41) is 7.70. The second-order valence-corrected chi connectivity index (χ2v) is 11.8. The lowest BCUT2D eigenvalue weighted by Gasteiger charge is -2.29. The van der Waals surface area contributed by atoms with Gasteiger partial charge in [-0.3, -0.25) is 14.4 Å². The molecule has 4 aliphatic heterocycles. The molecule has 2 aromatic rings. The smallest absolute Gasteiger partial charge is 0.335 e. The maximum absolute atomic E-state index is 12.9. The van der Waals surface area contributed by atoms with Crippen molar-refractivity contribution in [1.29, 1.82) is 0 Å². The van der Waals surface area contributed by atoms with Crippen LogP contribution in [0, 0.1) is 0 Å². The quantitative estimate of drug-likeness (QED) is 0.176. The molecule has 0 aromatic heterocycles. The van der Waals surface area contributed by atoms with Gasteiger partial charge in [0.15, 0.2) is 24.2 Å². The van der Waals surface area contributed by atoms with E-state index in [0.29, 0.717) is 51.5 Å². The summed E-state index contributed by atoms with van der Waals surface area (Å²) in [5.74, 6) is 0.202. The van der Waals surface area contributed by atoms with Crippen molar-refractivity contribution in [3.05, 3.63) is 53.1 Å². The predicted octanol–water partition coefficient (Wildman–Crippen LogP) is 2.37. The summed E-state index contributed by atoms with van der Waals surface area (Å²) in [6, 6.07) is 7.35. The molecule has 2 aromatic carbocycles. The van der Waals surface area contributed by atoms with Crippen molar-refractivity contribution >= 4 is 29.4 Å². The number of carbonyl (C=O) groups excluding carboxylic acids is 4. The highest BCUT2D eigenvalue weighted by Gasteiger charge is 2.44. The minimum Gasteiger partial charge on any atom is -0.493 e. The molecule has 0 spiro atoms. The van der Waals surface area contributed by atoms with Gasteiger partial charge in [0.05, 0.1) is 39.8 Å². The Hall–Kier alpha value is -5.31. The van der Waals surface area contributed by atoms with Gasteiger partial charge >= 0.3 is 5.97 Å². The summed E-state index contributed by atoms with van der Waals surface area (Å²) in [6.45, 7) is 6.13. The van der Waals surface area contributed by atoms with E-state index in [2.05, 4.69) is 17.1 Å². The number of ether oxygens (including phenoxy) is 6. The average Bonchev–Trinajstić information content (AvgIpc) is 3.82. The van der Waals surface area contributed by atoms with E-state index < -0.39 is 29.8 Å². The molecule has 1 N–H and O–H groups in total. The van der Waals surface area contributed by atoms with Gasteiger partial charge in [-0.05, 0) is 30.7 Å². The monoisotopic (exact) mass is 679 g/mol. The van der Waals surface area contributed by atoms with Crippen LogP contribution in [0.5, 0.6) is 28.7 Å². The Morgan fingerprint density at radius 3 is 2.55 bits per heavy atom. The van der Waals surface area contributed by atoms with E-state index in [9.17, 15) is 19.2 Å². The second kappa shape index (κ2) is 14.4. The van der Waals surface area contributed by atoms with E-state index in [-0.39, 0.29) is 64.3 Å². The largest absolute Gasteiger partial charge is 0.493 e. The highest BCUT2D eigenvalue weighted by Crippen LogP contribution is 2.48. The Balaban J connectivity index is 1.10. The van der Waals surface area contributed by atoms with Gasteiger partial charge in [0.2, 0.25) is 0 Å². The van der Waals surface area contributed by atoms with Gasteiger partial charge in [-0.2, -0.15) is 0 Å². The summed E-state index contributed by atoms with van der Waals surface area (Å²) < 4.78 is 34.8. The third-order valence-corrected chi connectivity index (χ3v) is 8.47. The zero-order valence-electron chi connectivity index (χ0n) is 27.4. The summed E-state index contributed by atoms with van der Waals surface area (Å²) in [6.07, 6.45) is -0.279. The van der Waals surface area contributed by atoms with Crippen molar-refractivity contribution in [2.24, 2.45) is 5.16 Å². The molecule has 1 fully saturated rings. The molecule has 4 heterocycles. The molecule has 0 radical (unpaired) electrons. The maximum atomic E-state index is 12.9. The molecule has 0 aliphatic carbocycles. The Bertz CT molecular complexity index is 1690. The molecule has 4 aliphatic rings. The first kappa shape index (κ1) is 33.6. The normalized spacial score (nSPS) is 20.2. The fourth-order valence-corrected chi connectivity index (χ4v) is 5.97. The molecule has 2 unspecified atom stereocenters. The van der Waals surface area contributed by atoms with Crippen LogP contribution >= 0.6 is 0 Å². The molecule has 15 nitrogen and oxygen atoms in total. The van der Waals surface area contributed by atoms with E-state index >= 15 is 0 Å². The number of nitrogens with one attached hydrogen (secondary N) is 1. The first-order valence-electron chi connectivity index (χ1n) is 15.8. The first-order valence-corrected chi connectivity index (χ1v) is 15.8. The standard InChI is InChI=1S/C34H37N3O12/c1-18(2)23-14-21-22(47-23)6-5-19(33-32-20-13-25(42-3)26(43-4)15-24(20)45-16-27(32)48-36-33)34(21)46-17-28(38)35-10-12-44-11-9-31(41)49-37-29(39)7-8-30(37)40/h5-6,13,15,23,27,32H,1,7-12,14,16-17H2,2-4H3,(H,35,38)/t23-,27?,32?/m1/s1. The zero-order valence-corrected chi connectivity index (χ0v) is 27.4. The molecule has 0 bridgehead atoms. The van der Waals surface area contributed by atoms with Gasteiger partial charge in [0, 0.05) is 48.6 Å². The van der Waals surface area contributed by atoms with E-state index in [0.717, 1.165) is 16.7 Å². The van der Waals surface area contributed by atoms with Crippen molar-refractivity contribution in [3.63, 3.8) is 0 Å². The average molecular weight is 680 g/mol. The molecule has 3 amide bonds. The lowest BCUT2D eigenvalue weighted by molar-refractivity contribution is -0.198. The summed E-state index contributed by atoms with van der Waals surface area (Å²) >= 11 is 0. The van der Waals surface area contributed by atoms with Gasteiger partial charge in [0.1, 0.15) is 35.7 Å². The fraction of sp³-hybridized carbons (Fsp3) is 0.441. The minimum absolute atomic E-state index is 0.0165. The number of carbonyl (C=O) groups is 4. The van der Waals surface area contributed by atoms with Crippen LogP contribution in [0.15, 0.2) is 41.6 Å². The summed E-state index contributed by atoms with van der Waals surface area (Å²) in [4.78, 5) is 58.6. The molecular weight excluding hydrogens is 642 g/mol. The first-order chi connectivity index (χ1) is 23.7. The van der Waals surface area contributed by atoms with Crippen LogP contribution in [0.3, 0.4) is 0 Å². The van der Waals surface area contributed by atoms with Crippen LogP contribution < -0.4 is 29.0 Å². The van der Waals surface area contributed by atoms with Crippen molar-refractivity contribution in [3.8, 4) is 28.7 Å². The van der Waals surface area contributed by atoms with Crippen LogP contribution in [-0.4, -0.2) is 93.9 Å². The number of benzene rings is 2. The molecular formula is C34H37N3O12. The van der Waals surface area contributed by atoms with Gasteiger partial charge < -0.3 is 43.4 Å². The molecule has 260 valence electrons. The number of hydroxylamine groups is 2. The number of fused-ring (bicyclic) bond motifs is 4. The number of hydrogen-bond acceptors (Lipinski definition) is 13. The van der Waals surface area contributed by atoms with E-state index in [1.807, 2.05) is 25.1 Å². The molecule has 3 atom stereocenters. The third kappa shape index (κ3) is 6.97. The van der Waals surface area contributed by atoms with Crippen molar-refractivity contribution in [2.45, 2.75) is 50.7 Å². The number of methoxy groups -OCH3 is 2. The highest BCUT2D eigenvalue weighted by atomic mass is 16.7. The molecule has 1 saturated heterocycles. The zero-order chi connectivity index (χ0) is 34.7. The van der Waals surface area contributed by atoms with Gasteiger partial charge in [-0.25, -0.2) is 4.79 Å². The topological polar surface area (TPSA) is 170 Å².